The second kappa shape index (κ2) is 6.40. The smallest absolute Gasteiger partial charge is 0.242 e. The van der Waals surface area contributed by atoms with Gasteiger partial charge in [0, 0.05) is 18.8 Å². The number of sulfonamides is 1. The molecule has 1 heterocycles. The summed E-state index contributed by atoms with van der Waals surface area (Å²) in [6.07, 6.45) is 1.24. The molecule has 0 aliphatic heterocycles. The maximum atomic E-state index is 12.2. The Hall–Kier alpha value is -1.67. The van der Waals surface area contributed by atoms with E-state index < -0.39 is 21.6 Å². The predicted molar refractivity (Wildman–Crippen MR) is 81.5 cm³/mol. The van der Waals surface area contributed by atoms with Crippen LogP contribution in [0.1, 0.15) is 27.7 Å². The van der Waals surface area contributed by atoms with Gasteiger partial charge in [0.15, 0.2) is 0 Å². The zero-order valence-electron chi connectivity index (χ0n) is 12.9. The van der Waals surface area contributed by atoms with E-state index in [2.05, 4.69) is 20.3 Å². The van der Waals surface area contributed by atoms with Crippen LogP contribution in [0.25, 0.3) is 0 Å². The molecule has 0 aliphatic carbocycles. The zero-order chi connectivity index (χ0) is 16.3. The SMILES string of the molecule is CNc1ccc(S(=O)(=O)NC(C)C(=O)NC(C)(C)C)cn1. The fourth-order valence-corrected chi connectivity index (χ4v) is 2.67. The van der Waals surface area contributed by atoms with Gasteiger partial charge in [0.05, 0.1) is 6.04 Å². The van der Waals surface area contributed by atoms with Crippen LogP contribution in [-0.2, 0) is 14.8 Å². The number of amides is 1. The van der Waals surface area contributed by atoms with Crippen molar-refractivity contribution in [2.45, 2.75) is 44.2 Å². The van der Waals surface area contributed by atoms with Crippen LogP contribution in [0.15, 0.2) is 23.2 Å². The second-order valence-electron chi connectivity index (χ2n) is 5.71. The van der Waals surface area contributed by atoms with Crippen LogP contribution in [-0.4, -0.2) is 37.9 Å². The summed E-state index contributed by atoms with van der Waals surface area (Å²) in [6.45, 7) is 6.97. The van der Waals surface area contributed by atoms with Gasteiger partial charge in [-0.3, -0.25) is 4.79 Å². The van der Waals surface area contributed by atoms with Gasteiger partial charge in [-0.2, -0.15) is 4.72 Å². The molecular weight excluding hydrogens is 292 g/mol. The van der Waals surface area contributed by atoms with Crippen LogP contribution in [0.2, 0.25) is 0 Å². The van der Waals surface area contributed by atoms with Crippen molar-refractivity contribution in [3.63, 3.8) is 0 Å². The van der Waals surface area contributed by atoms with Crippen molar-refractivity contribution in [2.24, 2.45) is 0 Å². The molecule has 0 fully saturated rings. The quantitative estimate of drug-likeness (QED) is 0.743. The summed E-state index contributed by atoms with van der Waals surface area (Å²) in [4.78, 5) is 15.9. The maximum Gasteiger partial charge on any atom is 0.242 e. The van der Waals surface area contributed by atoms with Crippen LogP contribution < -0.4 is 15.4 Å². The lowest BCUT2D eigenvalue weighted by Crippen LogP contribution is -2.50. The standard InChI is InChI=1S/C13H22N4O3S/c1-9(12(18)16-13(2,3)4)17-21(19,20)10-6-7-11(14-5)15-8-10/h6-9,17H,1-5H3,(H,14,15)(H,16,18). The number of hydrogen-bond acceptors (Lipinski definition) is 5. The van der Waals surface area contributed by atoms with E-state index in [1.54, 1.807) is 13.1 Å². The number of hydrogen-bond donors (Lipinski definition) is 3. The minimum absolute atomic E-state index is 0.0110. The molecule has 0 saturated heterocycles. The summed E-state index contributed by atoms with van der Waals surface area (Å²) < 4.78 is 26.7. The lowest BCUT2D eigenvalue weighted by molar-refractivity contribution is -0.123. The number of carbonyl (C=O) groups is 1. The lowest BCUT2D eigenvalue weighted by Gasteiger charge is -2.23. The second-order valence-corrected chi connectivity index (χ2v) is 7.43. The number of rotatable bonds is 5. The number of nitrogens with one attached hydrogen (secondary N) is 3. The summed E-state index contributed by atoms with van der Waals surface area (Å²) in [5.74, 6) is 0.179. The highest BCUT2D eigenvalue weighted by Gasteiger charge is 2.24. The molecular formula is C13H22N4O3S. The molecule has 21 heavy (non-hydrogen) atoms. The number of anilines is 1. The van der Waals surface area contributed by atoms with Crippen molar-refractivity contribution in [1.82, 2.24) is 15.0 Å². The number of aromatic nitrogens is 1. The van der Waals surface area contributed by atoms with Crippen molar-refractivity contribution in [3.8, 4) is 0 Å². The Morgan fingerprint density at radius 3 is 2.33 bits per heavy atom. The third-order valence-corrected chi connectivity index (χ3v) is 4.05. The van der Waals surface area contributed by atoms with Crippen LogP contribution in [0.5, 0.6) is 0 Å². The monoisotopic (exact) mass is 314 g/mol. The Bertz CT molecular complexity index is 591. The minimum atomic E-state index is -3.79. The molecule has 8 heteroatoms. The fraction of sp³-hybridized carbons (Fsp3) is 0.538. The third kappa shape index (κ3) is 5.31. The first-order chi connectivity index (χ1) is 9.55. The Balaban J connectivity index is 2.81. The molecule has 1 rings (SSSR count). The van der Waals surface area contributed by atoms with Gasteiger partial charge < -0.3 is 10.6 Å². The summed E-state index contributed by atoms with van der Waals surface area (Å²) in [5.41, 5.74) is -0.424. The molecule has 0 spiro atoms. The molecule has 0 bridgehead atoms. The van der Waals surface area contributed by atoms with Crippen LogP contribution >= 0.6 is 0 Å². The van der Waals surface area contributed by atoms with E-state index in [-0.39, 0.29) is 10.8 Å². The molecule has 1 amide bonds. The number of nitrogens with zero attached hydrogens (tertiary/aromatic N) is 1. The van der Waals surface area contributed by atoms with Gasteiger partial charge in [-0.15, -0.1) is 0 Å². The highest BCUT2D eigenvalue weighted by Crippen LogP contribution is 2.11. The topological polar surface area (TPSA) is 100 Å². The molecule has 0 aromatic carbocycles. The molecule has 0 radical (unpaired) electrons. The van der Waals surface area contributed by atoms with Crippen LogP contribution in [0.3, 0.4) is 0 Å². The molecule has 1 unspecified atom stereocenters. The highest BCUT2D eigenvalue weighted by molar-refractivity contribution is 7.89. The van der Waals surface area contributed by atoms with E-state index in [1.807, 2.05) is 20.8 Å². The summed E-state index contributed by atoms with van der Waals surface area (Å²) in [5, 5.41) is 5.52. The largest absolute Gasteiger partial charge is 0.373 e. The number of carbonyl (C=O) groups excluding carboxylic acids is 1. The van der Waals surface area contributed by atoms with Gasteiger partial charge in [-0.1, -0.05) is 0 Å². The van der Waals surface area contributed by atoms with Crippen molar-refractivity contribution in [3.05, 3.63) is 18.3 Å². The fourth-order valence-electron chi connectivity index (χ4n) is 1.52. The molecule has 0 saturated carbocycles. The molecule has 1 aromatic heterocycles. The summed E-state index contributed by atoms with van der Waals surface area (Å²) in [7, 11) is -2.10. The first-order valence-electron chi connectivity index (χ1n) is 6.53. The van der Waals surface area contributed by atoms with E-state index in [9.17, 15) is 13.2 Å². The van der Waals surface area contributed by atoms with Gasteiger partial charge in [0.25, 0.3) is 0 Å². The van der Waals surface area contributed by atoms with Crippen molar-refractivity contribution in [2.75, 3.05) is 12.4 Å². The van der Waals surface area contributed by atoms with E-state index in [0.29, 0.717) is 5.82 Å². The van der Waals surface area contributed by atoms with Crippen molar-refractivity contribution < 1.29 is 13.2 Å². The average molecular weight is 314 g/mol. The summed E-state index contributed by atoms with van der Waals surface area (Å²) >= 11 is 0. The van der Waals surface area contributed by atoms with E-state index in [0.717, 1.165) is 0 Å². The van der Waals surface area contributed by atoms with Gasteiger partial charge >= 0.3 is 0 Å². The lowest BCUT2D eigenvalue weighted by atomic mass is 10.1. The first-order valence-corrected chi connectivity index (χ1v) is 8.01. The normalized spacial score (nSPS) is 13.6. The minimum Gasteiger partial charge on any atom is -0.373 e. The highest BCUT2D eigenvalue weighted by atomic mass is 32.2. The van der Waals surface area contributed by atoms with Crippen molar-refractivity contribution in [1.29, 1.82) is 0 Å². The Labute approximate surface area is 125 Å². The Kier molecular flexibility index (Phi) is 5.30. The molecule has 1 aromatic rings. The Morgan fingerprint density at radius 2 is 1.90 bits per heavy atom. The number of pyridine rings is 1. The summed E-state index contributed by atoms with van der Waals surface area (Å²) in [6, 6.07) is 2.10. The molecule has 1 atom stereocenters. The van der Waals surface area contributed by atoms with E-state index in [1.165, 1.54) is 19.2 Å². The van der Waals surface area contributed by atoms with Gasteiger partial charge in [0.2, 0.25) is 15.9 Å². The van der Waals surface area contributed by atoms with Crippen LogP contribution in [0, 0.1) is 0 Å². The van der Waals surface area contributed by atoms with E-state index in [4.69, 9.17) is 0 Å². The van der Waals surface area contributed by atoms with Gasteiger partial charge in [-0.25, -0.2) is 13.4 Å². The zero-order valence-corrected chi connectivity index (χ0v) is 13.7. The molecule has 3 N–H and O–H groups in total. The van der Waals surface area contributed by atoms with E-state index >= 15 is 0 Å². The first kappa shape index (κ1) is 17.4. The predicted octanol–water partition coefficient (Wildman–Crippen LogP) is 0.705. The molecule has 7 nitrogen and oxygen atoms in total. The Morgan fingerprint density at radius 1 is 1.29 bits per heavy atom. The molecule has 118 valence electrons. The molecule has 0 aliphatic rings. The van der Waals surface area contributed by atoms with Crippen LogP contribution in [0.4, 0.5) is 5.82 Å². The average Bonchev–Trinajstić information content (AvgIpc) is 2.36. The van der Waals surface area contributed by atoms with Gasteiger partial charge in [-0.05, 0) is 39.8 Å². The third-order valence-electron chi connectivity index (χ3n) is 2.53. The van der Waals surface area contributed by atoms with Gasteiger partial charge in [0.1, 0.15) is 10.7 Å². The maximum absolute atomic E-state index is 12.2. The van der Waals surface area contributed by atoms with Crippen molar-refractivity contribution >= 4 is 21.7 Å².